The van der Waals surface area contributed by atoms with Gasteiger partial charge in [0, 0.05) is 52.4 Å². The summed E-state index contributed by atoms with van der Waals surface area (Å²) in [6, 6.07) is 0. The monoisotopic (exact) mass is 340 g/mol. The van der Waals surface area contributed by atoms with Gasteiger partial charge in [-0.3, -0.25) is 14.6 Å². The van der Waals surface area contributed by atoms with Gasteiger partial charge < -0.3 is 15.0 Å². The van der Waals surface area contributed by atoms with Gasteiger partial charge >= 0.3 is 6.09 Å². The molecule has 7 nitrogen and oxygen atoms in total. The fraction of sp³-hybridized carbons (Fsp3) is 0.882. The van der Waals surface area contributed by atoms with E-state index in [-0.39, 0.29) is 12.0 Å². The second kappa shape index (κ2) is 8.67. The second-order valence-corrected chi connectivity index (χ2v) is 7.63. The van der Waals surface area contributed by atoms with Crippen LogP contribution in [0.5, 0.6) is 0 Å². The number of likely N-dealkylation sites (tertiary alicyclic amines) is 1. The molecule has 2 rings (SSSR count). The van der Waals surface area contributed by atoms with Crippen molar-refractivity contribution in [2.75, 3.05) is 58.9 Å². The molecule has 0 spiro atoms. The maximum atomic E-state index is 12.2. The summed E-state index contributed by atoms with van der Waals surface area (Å²) < 4.78 is 5.22. The van der Waals surface area contributed by atoms with Crippen LogP contribution in [0.2, 0.25) is 0 Å². The van der Waals surface area contributed by atoms with Crippen molar-refractivity contribution >= 4 is 12.0 Å². The summed E-state index contributed by atoms with van der Waals surface area (Å²) in [6.07, 6.45) is 1.92. The van der Waals surface area contributed by atoms with E-state index in [0.29, 0.717) is 13.1 Å². The summed E-state index contributed by atoms with van der Waals surface area (Å²) in [4.78, 5) is 30.3. The van der Waals surface area contributed by atoms with E-state index in [1.807, 2.05) is 25.7 Å². The standard InChI is InChI=1S/C17H32N4O3/c1-17(2,3)24-16(23)18-6-9-19-10-12-20(13-11-19)14-15(22)21-7-4-5-8-21/h4-14H2,1-3H3,(H,18,23). The lowest BCUT2D eigenvalue weighted by Crippen LogP contribution is -2.51. The van der Waals surface area contributed by atoms with Crippen LogP contribution in [0.4, 0.5) is 4.79 Å². The molecular weight excluding hydrogens is 308 g/mol. The van der Waals surface area contributed by atoms with Crippen molar-refractivity contribution in [1.82, 2.24) is 20.0 Å². The predicted octanol–water partition coefficient (Wildman–Crippen LogP) is 0.751. The number of hydrogen-bond donors (Lipinski definition) is 1. The topological polar surface area (TPSA) is 65.1 Å². The third kappa shape index (κ3) is 6.65. The Morgan fingerprint density at radius 1 is 0.958 bits per heavy atom. The summed E-state index contributed by atoms with van der Waals surface area (Å²) in [5, 5.41) is 2.79. The smallest absolute Gasteiger partial charge is 0.407 e. The molecule has 2 aliphatic heterocycles. The number of rotatable bonds is 5. The Morgan fingerprint density at radius 2 is 1.54 bits per heavy atom. The summed E-state index contributed by atoms with van der Waals surface area (Å²) >= 11 is 0. The quantitative estimate of drug-likeness (QED) is 0.800. The lowest BCUT2D eigenvalue weighted by atomic mass is 10.2. The van der Waals surface area contributed by atoms with Gasteiger partial charge in [-0.2, -0.15) is 0 Å². The highest BCUT2D eigenvalue weighted by molar-refractivity contribution is 5.78. The third-order valence-electron chi connectivity index (χ3n) is 4.38. The molecule has 138 valence electrons. The molecule has 2 amide bonds. The summed E-state index contributed by atoms with van der Waals surface area (Å²) in [5.41, 5.74) is -0.461. The fourth-order valence-electron chi connectivity index (χ4n) is 3.06. The number of hydrogen-bond acceptors (Lipinski definition) is 5. The van der Waals surface area contributed by atoms with Gasteiger partial charge in [0.15, 0.2) is 0 Å². The van der Waals surface area contributed by atoms with Crippen molar-refractivity contribution in [3.8, 4) is 0 Å². The van der Waals surface area contributed by atoms with Gasteiger partial charge in [0.1, 0.15) is 5.60 Å². The van der Waals surface area contributed by atoms with Gasteiger partial charge in [-0.05, 0) is 33.6 Å². The number of nitrogens with one attached hydrogen (secondary N) is 1. The normalized spacial score (nSPS) is 20.2. The molecular formula is C17H32N4O3. The predicted molar refractivity (Wildman–Crippen MR) is 92.9 cm³/mol. The molecule has 2 fully saturated rings. The molecule has 0 saturated carbocycles. The van der Waals surface area contributed by atoms with E-state index >= 15 is 0 Å². The zero-order valence-electron chi connectivity index (χ0n) is 15.3. The van der Waals surface area contributed by atoms with Crippen molar-refractivity contribution in [2.24, 2.45) is 0 Å². The first kappa shape index (κ1) is 19.0. The summed E-state index contributed by atoms with van der Waals surface area (Å²) in [7, 11) is 0. The Bertz CT molecular complexity index is 422. The minimum atomic E-state index is -0.461. The van der Waals surface area contributed by atoms with Crippen LogP contribution >= 0.6 is 0 Å². The SMILES string of the molecule is CC(C)(C)OC(=O)NCCN1CCN(CC(=O)N2CCCC2)CC1. The average molecular weight is 340 g/mol. The number of nitrogens with zero attached hydrogens (tertiary/aromatic N) is 3. The molecule has 24 heavy (non-hydrogen) atoms. The molecule has 0 aromatic carbocycles. The van der Waals surface area contributed by atoms with Gasteiger partial charge in [-0.25, -0.2) is 4.79 Å². The van der Waals surface area contributed by atoms with Crippen LogP contribution < -0.4 is 5.32 Å². The molecule has 7 heteroatoms. The third-order valence-corrected chi connectivity index (χ3v) is 4.38. The van der Waals surface area contributed by atoms with Crippen molar-refractivity contribution in [3.63, 3.8) is 0 Å². The first-order chi connectivity index (χ1) is 11.3. The zero-order chi connectivity index (χ0) is 17.6. The number of carbonyl (C=O) groups excluding carboxylic acids is 2. The Balaban J connectivity index is 1.57. The van der Waals surface area contributed by atoms with Crippen LogP contribution in [-0.4, -0.2) is 91.2 Å². The molecule has 0 bridgehead atoms. The molecule has 2 saturated heterocycles. The molecule has 0 atom stereocenters. The number of ether oxygens (including phenoxy) is 1. The number of amides is 2. The van der Waals surface area contributed by atoms with Crippen LogP contribution in [0.25, 0.3) is 0 Å². The number of piperazine rings is 1. The van der Waals surface area contributed by atoms with Crippen LogP contribution in [0.1, 0.15) is 33.6 Å². The van der Waals surface area contributed by atoms with Crippen molar-refractivity contribution in [2.45, 2.75) is 39.2 Å². The first-order valence-electron chi connectivity index (χ1n) is 9.03. The van der Waals surface area contributed by atoms with Gasteiger partial charge in [-0.1, -0.05) is 0 Å². The Hall–Kier alpha value is -1.34. The van der Waals surface area contributed by atoms with Crippen LogP contribution in [0.3, 0.4) is 0 Å². The zero-order valence-corrected chi connectivity index (χ0v) is 15.3. The lowest BCUT2D eigenvalue weighted by molar-refractivity contribution is -0.131. The average Bonchev–Trinajstić information content (AvgIpc) is 3.01. The summed E-state index contributed by atoms with van der Waals surface area (Å²) in [6.45, 7) is 13.0. The largest absolute Gasteiger partial charge is 0.444 e. The number of carbonyl (C=O) groups is 2. The molecule has 0 unspecified atom stereocenters. The fourth-order valence-corrected chi connectivity index (χ4v) is 3.06. The first-order valence-corrected chi connectivity index (χ1v) is 9.03. The molecule has 0 radical (unpaired) electrons. The van der Waals surface area contributed by atoms with E-state index < -0.39 is 5.60 Å². The van der Waals surface area contributed by atoms with E-state index in [9.17, 15) is 9.59 Å². The van der Waals surface area contributed by atoms with Crippen LogP contribution in [-0.2, 0) is 9.53 Å². The Morgan fingerprint density at radius 3 is 2.12 bits per heavy atom. The van der Waals surface area contributed by atoms with E-state index in [0.717, 1.165) is 58.7 Å². The van der Waals surface area contributed by atoms with E-state index in [1.54, 1.807) is 0 Å². The van der Waals surface area contributed by atoms with Gasteiger partial charge in [-0.15, -0.1) is 0 Å². The second-order valence-electron chi connectivity index (χ2n) is 7.63. The highest BCUT2D eigenvalue weighted by Gasteiger charge is 2.23. The maximum absolute atomic E-state index is 12.2. The molecule has 0 aromatic rings. The van der Waals surface area contributed by atoms with E-state index in [1.165, 1.54) is 0 Å². The minimum Gasteiger partial charge on any atom is -0.444 e. The molecule has 0 aromatic heterocycles. The lowest BCUT2D eigenvalue weighted by Gasteiger charge is -2.35. The van der Waals surface area contributed by atoms with Crippen molar-refractivity contribution < 1.29 is 14.3 Å². The van der Waals surface area contributed by atoms with Crippen molar-refractivity contribution in [1.29, 1.82) is 0 Å². The number of alkyl carbamates (subject to hydrolysis) is 1. The van der Waals surface area contributed by atoms with Gasteiger partial charge in [0.05, 0.1) is 6.54 Å². The molecule has 0 aliphatic carbocycles. The Labute approximate surface area is 145 Å². The van der Waals surface area contributed by atoms with Gasteiger partial charge in [0.2, 0.25) is 5.91 Å². The van der Waals surface area contributed by atoms with E-state index in [4.69, 9.17) is 4.74 Å². The molecule has 1 N–H and O–H groups in total. The van der Waals surface area contributed by atoms with Crippen LogP contribution in [0, 0.1) is 0 Å². The Kier molecular flexibility index (Phi) is 6.86. The maximum Gasteiger partial charge on any atom is 0.407 e. The van der Waals surface area contributed by atoms with E-state index in [2.05, 4.69) is 15.1 Å². The highest BCUT2D eigenvalue weighted by Crippen LogP contribution is 2.09. The van der Waals surface area contributed by atoms with Crippen LogP contribution in [0.15, 0.2) is 0 Å². The summed E-state index contributed by atoms with van der Waals surface area (Å²) in [5.74, 6) is 0.271. The molecule has 2 heterocycles. The highest BCUT2D eigenvalue weighted by atomic mass is 16.6. The van der Waals surface area contributed by atoms with Gasteiger partial charge in [0.25, 0.3) is 0 Å². The minimum absolute atomic E-state index is 0.271. The van der Waals surface area contributed by atoms with Crippen molar-refractivity contribution in [3.05, 3.63) is 0 Å². The molecule has 2 aliphatic rings.